The maximum absolute atomic E-state index is 11.5. The fraction of sp³-hybridized carbons (Fsp3) is 0.435. The molecule has 1 aromatic carbocycles. The van der Waals surface area contributed by atoms with Crippen LogP contribution in [-0.4, -0.2) is 27.3 Å². The van der Waals surface area contributed by atoms with Crippen molar-refractivity contribution in [1.29, 1.82) is 0 Å². The number of nitrogens with zero attached hydrogens (tertiary/aromatic N) is 2. The average Bonchev–Trinajstić information content (AvgIpc) is 2.60. The largest absolute Gasteiger partial charge is 0.466 e. The number of fused-ring (bicyclic) bond motifs is 1. The van der Waals surface area contributed by atoms with E-state index >= 15 is 0 Å². The normalized spacial score (nSPS) is 16.5. The molecular formula is C23H26N2O2S. The zero-order valence-corrected chi connectivity index (χ0v) is 17.9. The molecule has 0 fully saturated rings. The Labute approximate surface area is 171 Å². The van der Waals surface area contributed by atoms with E-state index in [2.05, 4.69) is 67.7 Å². The maximum Gasteiger partial charge on any atom is 0.311 e. The lowest BCUT2D eigenvalue weighted by molar-refractivity contribution is -0.142. The number of hydrogen-bond donors (Lipinski definition) is 0. The van der Waals surface area contributed by atoms with Crippen molar-refractivity contribution in [3.63, 3.8) is 0 Å². The van der Waals surface area contributed by atoms with Gasteiger partial charge < -0.3 is 4.74 Å². The van der Waals surface area contributed by atoms with Crippen molar-refractivity contribution in [3.05, 3.63) is 53.1 Å². The molecule has 2 aromatic rings. The quantitative estimate of drug-likeness (QED) is 0.565. The lowest BCUT2D eigenvalue weighted by Gasteiger charge is -2.41. The summed E-state index contributed by atoms with van der Waals surface area (Å²) in [6.45, 7) is 11.4. The van der Waals surface area contributed by atoms with E-state index in [0.29, 0.717) is 18.0 Å². The van der Waals surface area contributed by atoms with Crippen LogP contribution in [0, 0.1) is 11.8 Å². The molecule has 4 nitrogen and oxygen atoms in total. The van der Waals surface area contributed by atoms with E-state index in [1.165, 1.54) is 10.5 Å². The number of thioether (sulfide) groups is 1. The molecule has 0 saturated heterocycles. The SMILES string of the molecule is CCOC(=O)Cc1cnc(C#Cc2ccc3c(c2)C(C)(C)CC(C)(C)S3)cn1. The first kappa shape index (κ1) is 20.4. The van der Waals surface area contributed by atoms with Gasteiger partial charge in [0.2, 0.25) is 0 Å². The third-order valence-corrected chi connectivity index (χ3v) is 5.91. The van der Waals surface area contributed by atoms with Crippen LogP contribution in [0.5, 0.6) is 0 Å². The predicted molar refractivity (Wildman–Crippen MR) is 112 cm³/mol. The van der Waals surface area contributed by atoms with Crippen LogP contribution in [0.2, 0.25) is 0 Å². The van der Waals surface area contributed by atoms with Gasteiger partial charge in [0.25, 0.3) is 0 Å². The molecule has 1 aromatic heterocycles. The molecule has 0 unspecified atom stereocenters. The third-order valence-electron chi connectivity index (χ3n) is 4.63. The summed E-state index contributed by atoms with van der Waals surface area (Å²) >= 11 is 1.94. The first-order valence-electron chi connectivity index (χ1n) is 9.51. The Balaban J connectivity index is 1.77. The molecule has 0 saturated carbocycles. The minimum Gasteiger partial charge on any atom is -0.466 e. The van der Waals surface area contributed by atoms with Crippen molar-refractivity contribution in [3.8, 4) is 11.8 Å². The van der Waals surface area contributed by atoms with E-state index < -0.39 is 0 Å². The second kappa shape index (κ2) is 7.97. The molecule has 1 aliphatic heterocycles. The molecular weight excluding hydrogens is 368 g/mol. The molecule has 5 heteroatoms. The number of hydrogen-bond acceptors (Lipinski definition) is 5. The van der Waals surface area contributed by atoms with Crippen molar-refractivity contribution in [1.82, 2.24) is 9.97 Å². The van der Waals surface area contributed by atoms with Crippen LogP contribution in [0.4, 0.5) is 0 Å². The molecule has 0 aliphatic carbocycles. The fourth-order valence-electron chi connectivity index (χ4n) is 3.73. The number of carbonyl (C=O) groups excluding carboxylic acids is 1. The van der Waals surface area contributed by atoms with Gasteiger partial charge in [-0.25, -0.2) is 4.98 Å². The van der Waals surface area contributed by atoms with Gasteiger partial charge in [-0.05, 0) is 48.4 Å². The molecule has 0 N–H and O–H groups in total. The highest BCUT2D eigenvalue weighted by Gasteiger charge is 2.37. The Morgan fingerprint density at radius 2 is 1.96 bits per heavy atom. The summed E-state index contributed by atoms with van der Waals surface area (Å²) in [5, 5.41) is 0. The molecule has 3 rings (SSSR count). The van der Waals surface area contributed by atoms with Gasteiger partial charge in [-0.2, -0.15) is 0 Å². The van der Waals surface area contributed by atoms with Gasteiger partial charge in [-0.15, -0.1) is 11.8 Å². The van der Waals surface area contributed by atoms with Gasteiger partial charge in [0.15, 0.2) is 0 Å². The molecule has 0 spiro atoms. The molecule has 1 aliphatic rings. The monoisotopic (exact) mass is 394 g/mol. The Bertz CT molecular complexity index is 937. The molecule has 146 valence electrons. The van der Waals surface area contributed by atoms with E-state index in [4.69, 9.17) is 4.74 Å². The second-order valence-corrected chi connectivity index (χ2v) is 10.0. The van der Waals surface area contributed by atoms with Crippen LogP contribution >= 0.6 is 11.8 Å². The van der Waals surface area contributed by atoms with Crippen molar-refractivity contribution in [2.45, 2.75) is 62.5 Å². The summed E-state index contributed by atoms with van der Waals surface area (Å²) in [4.78, 5) is 21.4. The predicted octanol–water partition coefficient (Wildman–Crippen LogP) is 4.53. The number of carbonyl (C=O) groups is 1. The Morgan fingerprint density at radius 1 is 1.18 bits per heavy atom. The lowest BCUT2D eigenvalue weighted by Crippen LogP contribution is -2.33. The Hall–Kier alpha value is -2.32. The van der Waals surface area contributed by atoms with E-state index in [1.54, 1.807) is 19.3 Å². The van der Waals surface area contributed by atoms with E-state index in [0.717, 1.165) is 12.0 Å². The molecule has 0 radical (unpaired) electrons. The summed E-state index contributed by atoms with van der Waals surface area (Å²) in [6, 6.07) is 6.45. The van der Waals surface area contributed by atoms with E-state index in [9.17, 15) is 4.79 Å². The number of aromatic nitrogens is 2. The van der Waals surface area contributed by atoms with Crippen LogP contribution < -0.4 is 0 Å². The van der Waals surface area contributed by atoms with E-state index in [-0.39, 0.29) is 22.6 Å². The highest BCUT2D eigenvalue weighted by molar-refractivity contribution is 8.00. The molecule has 0 bridgehead atoms. The zero-order valence-electron chi connectivity index (χ0n) is 17.1. The molecule has 0 atom stereocenters. The first-order chi connectivity index (χ1) is 13.2. The van der Waals surface area contributed by atoms with Crippen LogP contribution in [0.3, 0.4) is 0 Å². The van der Waals surface area contributed by atoms with Gasteiger partial charge in [-0.1, -0.05) is 33.6 Å². The fourth-order valence-corrected chi connectivity index (χ4v) is 5.34. The topological polar surface area (TPSA) is 52.1 Å². The number of ether oxygens (including phenoxy) is 1. The Kier molecular flexibility index (Phi) is 5.81. The van der Waals surface area contributed by atoms with Gasteiger partial charge >= 0.3 is 5.97 Å². The minimum absolute atomic E-state index is 0.121. The standard InChI is InChI=1S/C23H26N2O2S/c1-6-27-21(26)12-18-14-24-17(13-25-18)9-7-16-8-10-20-19(11-16)22(2,3)15-23(4,5)28-20/h8,10-11,13-14H,6,12,15H2,1-5H3. The third kappa shape index (κ3) is 4.94. The lowest BCUT2D eigenvalue weighted by atomic mass is 9.76. The minimum atomic E-state index is -0.298. The Morgan fingerprint density at radius 3 is 2.64 bits per heavy atom. The summed E-state index contributed by atoms with van der Waals surface area (Å²) < 4.78 is 5.16. The van der Waals surface area contributed by atoms with Crippen molar-refractivity contribution in [2.24, 2.45) is 0 Å². The van der Waals surface area contributed by atoms with Crippen LogP contribution in [0.25, 0.3) is 0 Å². The number of esters is 1. The second-order valence-electron chi connectivity index (χ2n) is 8.26. The highest BCUT2D eigenvalue weighted by atomic mass is 32.2. The van der Waals surface area contributed by atoms with Gasteiger partial charge in [0, 0.05) is 15.2 Å². The van der Waals surface area contributed by atoms with Crippen LogP contribution in [-0.2, 0) is 21.4 Å². The molecule has 2 heterocycles. The summed E-state index contributed by atoms with van der Waals surface area (Å²) in [7, 11) is 0. The van der Waals surface area contributed by atoms with E-state index in [1.807, 2.05) is 11.8 Å². The van der Waals surface area contributed by atoms with Crippen molar-refractivity contribution < 1.29 is 9.53 Å². The molecule has 0 amide bonds. The van der Waals surface area contributed by atoms with Gasteiger partial charge in [0.05, 0.1) is 31.1 Å². The van der Waals surface area contributed by atoms with Gasteiger partial charge in [-0.3, -0.25) is 9.78 Å². The molecule has 28 heavy (non-hydrogen) atoms. The average molecular weight is 395 g/mol. The number of benzene rings is 1. The summed E-state index contributed by atoms with van der Waals surface area (Å²) in [6.07, 6.45) is 4.43. The summed E-state index contributed by atoms with van der Waals surface area (Å²) in [5.74, 6) is 5.97. The van der Waals surface area contributed by atoms with Crippen molar-refractivity contribution in [2.75, 3.05) is 6.61 Å². The first-order valence-corrected chi connectivity index (χ1v) is 10.3. The zero-order chi connectivity index (χ0) is 20.4. The number of rotatable bonds is 3. The van der Waals surface area contributed by atoms with Crippen LogP contribution in [0.1, 0.15) is 63.6 Å². The smallest absolute Gasteiger partial charge is 0.311 e. The van der Waals surface area contributed by atoms with Gasteiger partial charge in [0.1, 0.15) is 5.69 Å². The highest BCUT2D eigenvalue weighted by Crippen LogP contribution is 2.50. The van der Waals surface area contributed by atoms with Crippen LogP contribution in [0.15, 0.2) is 35.5 Å². The maximum atomic E-state index is 11.5. The summed E-state index contributed by atoms with van der Waals surface area (Å²) in [5.41, 5.74) is 3.62. The van der Waals surface area contributed by atoms with Crippen molar-refractivity contribution >= 4 is 17.7 Å².